The van der Waals surface area contributed by atoms with E-state index < -0.39 is 0 Å². The maximum absolute atomic E-state index is 11.6. The summed E-state index contributed by atoms with van der Waals surface area (Å²) in [5, 5.41) is 3.54. The number of rotatable bonds is 1. The second kappa shape index (κ2) is 3.74. The smallest absolute Gasteiger partial charge is 0.136 e. The van der Waals surface area contributed by atoms with Gasteiger partial charge in [-0.2, -0.15) is 0 Å². The van der Waals surface area contributed by atoms with Crippen molar-refractivity contribution in [3.8, 4) is 0 Å². The molecule has 16 heavy (non-hydrogen) atoms. The number of H-pyrrole nitrogens is 1. The van der Waals surface area contributed by atoms with Crippen LogP contribution in [0.25, 0.3) is 0 Å². The van der Waals surface area contributed by atoms with Gasteiger partial charge in [0.1, 0.15) is 5.78 Å². The van der Waals surface area contributed by atoms with Crippen LogP contribution in [0.1, 0.15) is 49.0 Å². The fourth-order valence-corrected chi connectivity index (χ4v) is 3.10. The van der Waals surface area contributed by atoms with Crippen molar-refractivity contribution in [2.75, 3.05) is 0 Å². The van der Waals surface area contributed by atoms with Gasteiger partial charge in [-0.1, -0.05) is 0 Å². The molecule has 0 aromatic carbocycles. The third-order valence-electron chi connectivity index (χ3n) is 3.79. The summed E-state index contributed by atoms with van der Waals surface area (Å²) in [4.78, 5) is 15.0. The molecule has 2 atom stereocenters. The Morgan fingerprint density at radius 2 is 2.19 bits per heavy atom. The molecule has 1 aliphatic heterocycles. The van der Waals surface area contributed by atoms with Crippen molar-refractivity contribution in [3.63, 3.8) is 0 Å². The molecule has 3 heteroatoms. The predicted molar refractivity (Wildman–Crippen MR) is 62.4 cm³/mol. The zero-order chi connectivity index (χ0) is 11.1. The number of aryl methyl sites for hydroxylation is 1. The Labute approximate surface area is 95.6 Å². The van der Waals surface area contributed by atoms with Gasteiger partial charge in [0, 0.05) is 36.8 Å². The third kappa shape index (κ3) is 1.59. The molecule has 2 aliphatic rings. The van der Waals surface area contributed by atoms with E-state index in [0.717, 1.165) is 0 Å². The zero-order valence-electron chi connectivity index (χ0n) is 9.68. The minimum Gasteiger partial charge on any atom is -0.364 e. The van der Waals surface area contributed by atoms with Crippen LogP contribution in [0.15, 0.2) is 6.20 Å². The van der Waals surface area contributed by atoms with E-state index in [4.69, 9.17) is 0 Å². The van der Waals surface area contributed by atoms with Crippen LogP contribution < -0.4 is 5.32 Å². The molecule has 3 rings (SSSR count). The van der Waals surface area contributed by atoms with E-state index in [0.29, 0.717) is 24.7 Å². The van der Waals surface area contributed by atoms with Crippen LogP contribution in [0.4, 0.5) is 0 Å². The molecule has 0 radical (unpaired) electrons. The zero-order valence-corrected chi connectivity index (χ0v) is 9.68. The van der Waals surface area contributed by atoms with Gasteiger partial charge in [0.15, 0.2) is 0 Å². The van der Waals surface area contributed by atoms with Gasteiger partial charge in [-0.25, -0.2) is 0 Å². The minimum atomic E-state index is 0.245. The Balaban J connectivity index is 1.88. The molecule has 2 heterocycles. The van der Waals surface area contributed by atoms with Crippen molar-refractivity contribution in [1.82, 2.24) is 10.3 Å². The molecule has 1 fully saturated rings. The van der Waals surface area contributed by atoms with Crippen LogP contribution in [-0.2, 0) is 17.6 Å². The Bertz CT molecular complexity index is 422. The summed E-state index contributed by atoms with van der Waals surface area (Å²) in [6.45, 7) is 2.09. The first-order chi connectivity index (χ1) is 7.74. The number of Topliss-reactive ketones (excluding diaryl/α,β-unsaturated/α-hetero) is 1. The summed E-state index contributed by atoms with van der Waals surface area (Å²) in [5.41, 5.74) is 4.20. The number of ketones is 1. The number of aromatic nitrogens is 1. The van der Waals surface area contributed by atoms with Gasteiger partial charge < -0.3 is 10.3 Å². The molecule has 2 N–H and O–H groups in total. The quantitative estimate of drug-likeness (QED) is 0.756. The Morgan fingerprint density at radius 3 is 3.00 bits per heavy atom. The van der Waals surface area contributed by atoms with Crippen LogP contribution >= 0.6 is 0 Å². The van der Waals surface area contributed by atoms with Crippen molar-refractivity contribution in [2.45, 2.75) is 51.1 Å². The number of hydrogen-bond acceptors (Lipinski definition) is 2. The Kier molecular flexibility index (Phi) is 2.36. The maximum Gasteiger partial charge on any atom is 0.136 e. The lowest BCUT2D eigenvalue weighted by Gasteiger charge is -2.28. The highest BCUT2D eigenvalue weighted by atomic mass is 16.1. The minimum absolute atomic E-state index is 0.245. The molecule has 0 spiro atoms. The SMILES string of the molecule is CC1CC(=O)CC(c2c[nH]c3c2CCC3)N1. The standard InChI is InChI=1S/C13H18N2O/c1-8-5-9(16)6-13(15-8)11-7-14-12-4-2-3-10(11)12/h7-8,13-15H,2-6H2,1H3. The summed E-state index contributed by atoms with van der Waals surface area (Å²) in [6, 6.07) is 0.563. The first-order valence-corrected chi connectivity index (χ1v) is 6.21. The topological polar surface area (TPSA) is 44.9 Å². The van der Waals surface area contributed by atoms with E-state index in [1.165, 1.54) is 36.1 Å². The monoisotopic (exact) mass is 218 g/mol. The molecule has 0 amide bonds. The molecular formula is C13H18N2O. The third-order valence-corrected chi connectivity index (χ3v) is 3.79. The Hall–Kier alpha value is -1.09. The normalized spacial score (nSPS) is 29.4. The summed E-state index contributed by atoms with van der Waals surface area (Å²) in [6.07, 6.45) is 7.05. The highest BCUT2D eigenvalue weighted by molar-refractivity contribution is 5.80. The largest absolute Gasteiger partial charge is 0.364 e. The number of nitrogens with one attached hydrogen (secondary N) is 2. The summed E-state index contributed by atoms with van der Waals surface area (Å²) in [7, 11) is 0. The molecule has 0 saturated carbocycles. The first kappa shape index (κ1) is 10.1. The van der Waals surface area contributed by atoms with Crippen molar-refractivity contribution in [1.29, 1.82) is 0 Å². The number of fused-ring (bicyclic) bond motifs is 1. The van der Waals surface area contributed by atoms with E-state index >= 15 is 0 Å². The van der Waals surface area contributed by atoms with Crippen LogP contribution in [-0.4, -0.2) is 16.8 Å². The van der Waals surface area contributed by atoms with Gasteiger partial charge in [0.05, 0.1) is 0 Å². The molecule has 2 unspecified atom stereocenters. The van der Waals surface area contributed by atoms with Gasteiger partial charge in [-0.15, -0.1) is 0 Å². The molecule has 1 saturated heterocycles. The number of aromatic amines is 1. The van der Waals surface area contributed by atoms with Gasteiger partial charge in [0.2, 0.25) is 0 Å². The van der Waals surface area contributed by atoms with E-state index in [9.17, 15) is 4.79 Å². The lowest BCUT2D eigenvalue weighted by atomic mass is 9.92. The van der Waals surface area contributed by atoms with E-state index in [-0.39, 0.29) is 6.04 Å². The number of carbonyl (C=O) groups excluding carboxylic acids is 1. The fraction of sp³-hybridized carbons (Fsp3) is 0.615. The molecule has 1 aromatic rings. The molecule has 86 valence electrons. The van der Waals surface area contributed by atoms with Crippen molar-refractivity contribution < 1.29 is 4.79 Å². The van der Waals surface area contributed by atoms with Gasteiger partial charge in [0.25, 0.3) is 0 Å². The highest BCUT2D eigenvalue weighted by Crippen LogP contribution is 2.32. The van der Waals surface area contributed by atoms with E-state index in [1.807, 2.05) is 0 Å². The molecule has 1 aromatic heterocycles. The molecule has 3 nitrogen and oxygen atoms in total. The molecule has 1 aliphatic carbocycles. The number of carbonyl (C=O) groups is 1. The summed E-state index contributed by atoms with van der Waals surface area (Å²) < 4.78 is 0. The lowest BCUT2D eigenvalue weighted by molar-refractivity contribution is -0.121. The van der Waals surface area contributed by atoms with Gasteiger partial charge in [-0.05, 0) is 37.3 Å². The summed E-state index contributed by atoms with van der Waals surface area (Å²) in [5.74, 6) is 0.393. The van der Waals surface area contributed by atoms with E-state index in [1.54, 1.807) is 0 Å². The second-order valence-electron chi connectivity index (χ2n) is 5.12. The van der Waals surface area contributed by atoms with Crippen molar-refractivity contribution in [3.05, 3.63) is 23.0 Å². The van der Waals surface area contributed by atoms with E-state index in [2.05, 4.69) is 23.4 Å². The van der Waals surface area contributed by atoms with Crippen molar-refractivity contribution in [2.24, 2.45) is 0 Å². The Morgan fingerprint density at radius 1 is 1.31 bits per heavy atom. The molecule has 0 bridgehead atoms. The van der Waals surface area contributed by atoms with Gasteiger partial charge >= 0.3 is 0 Å². The van der Waals surface area contributed by atoms with Crippen LogP contribution in [0.5, 0.6) is 0 Å². The first-order valence-electron chi connectivity index (χ1n) is 6.21. The second-order valence-corrected chi connectivity index (χ2v) is 5.12. The van der Waals surface area contributed by atoms with Crippen molar-refractivity contribution >= 4 is 5.78 Å². The fourth-order valence-electron chi connectivity index (χ4n) is 3.10. The van der Waals surface area contributed by atoms with Gasteiger partial charge in [-0.3, -0.25) is 4.79 Å². The molecular weight excluding hydrogens is 200 g/mol. The van der Waals surface area contributed by atoms with Crippen LogP contribution in [0.2, 0.25) is 0 Å². The van der Waals surface area contributed by atoms with Crippen LogP contribution in [0, 0.1) is 0 Å². The predicted octanol–water partition coefficient (Wildman–Crippen LogP) is 1.89. The average Bonchev–Trinajstić information content (AvgIpc) is 2.75. The highest BCUT2D eigenvalue weighted by Gasteiger charge is 2.29. The summed E-state index contributed by atoms with van der Waals surface area (Å²) >= 11 is 0. The maximum atomic E-state index is 11.6. The van der Waals surface area contributed by atoms with Crippen LogP contribution in [0.3, 0.4) is 0 Å². The lowest BCUT2D eigenvalue weighted by Crippen LogP contribution is -2.39. The number of piperidine rings is 1. The number of hydrogen-bond donors (Lipinski definition) is 2. The average molecular weight is 218 g/mol.